The molecule has 0 radical (unpaired) electrons. The summed E-state index contributed by atoms with van der Waals surface area (Å²) in [6.07, 6.45) is 0. The van der Waals surface area contributed by atoms with Gasteiger partial charge in [-0.15, -0.1) is 10.2 Å². The van der Waals surface area contributed by atoms with Crippen LogP contribution in [0.25, 0.3) is 0 Å². The molecule has 26 heavy (non-hydrogen) atoms. The average Bonchev–Trinajstić information content (AvgIpc) is 3.21. The number of H-pyrrole nitrogens is 1. The number of aryl methyl sites for hydroxylation is 2. The second-order valence-electron chi connectivity index (χ2n) is 6.56. The SMILES string of the molecule is Cc1n[nH]c(C)c1S(=O)(=O)N1CCN(C(=O)c2nnc(C(C)C)o2)CC1. The predicted octanol–water partition coefficient (Wildman–Crippen LogP) is 0.680. The molecular formula is C15H22N6O4S. The topological polar surface area (TPSA) is 125 Å². The molecule has 142 valence electrons. The lowest BCUT2D eigenvalue weighted by molar-refractivity contribution is 0.0655. The smallest absolute Gasteiger partial charge is 0.311 e. The van der Waals surface area contributed by atoms with E-state index in [0.29, 0.717) is 17.3 Å². The van der Waals surface area contributed by atoms with Crippen LogP contribution in [0.4, 0.5) is 0 Å². The quantitative estimate of drug-likeness (QED) is 0.824. The molecule has 2 aromatic rings. The molecule has 3 rings (SSSR count). The summed E-state index contributed by atoms with van der Waals surface area (Å²) in [4.78, 5) is 14.2. The maximum Gasteiger partial charge on any atom is 0.311 e. The summed E-state index contributed by atoms with van der Waals surface area (Å²) in [6, 6.07) is 0. The zero-order valence-electron chi connectivity index (χ0n) is 15.2. The first-order chi connectivity index (χ1) is 12.2. The Hall–Kier alpha value is -2.27. The van der Waals surface area contributed by atoms with Crippen LogP contribution in [0.3, 0.4) is 0 Å². The number of rotatable bonds is 4. The van der Waals surface area contributed by atoms with Gasteiger partial charge < -0.3 is 9.32 Å². The molecule has 0 aromatic carbocycles. The number of amides is 1. The van der Waals surface area contributed by atoms with Crippen LogP contribution in [0.1, 0.15) is 47.7 Å². The Morgan fingerprint density at radius 3 is 2.31 bits per heavy atom. The Balaban J connectivity index is 1.70. The van der Waals surface area contributed by atoms with Gasteiger partial charge in [-0.25, -0.2) is 8.42 Å². The number of carbonyl (C=O) groups is 1. The average molecular weight is 382 g/mol. The van der Waals surface area contributed by atoms with Gasteiger partial charge in [-0.3, -0.25) is 9.89 Å². The van der Waals surface area contributed by atoms with Crippen molar-refractivity contribution in [3.63, 3.8) is 0 Å². The third kappa shape index (κ3) is 3.23. The van der Waals surface area contributed by atoms with Crippen molar-refractivity contribution in [2.24, 2.45) is 0 Å². The molecule has 11 heteroatoms. The highest BCUT2D eigenvalue weighted by molar-refractivity contribution is 7.89. The molecule has 1 amide bonds. The van der Waals surface area contributed by atoms with Crippen LogP contribution in [0.2, 0.25) is 0 Å². The molecule has 1 aliphatic heterocycles. The molecule has 2 aromatic heterocycles. The number of hydrogen-bond acceptors (Lipinski definition) is 7. The Morgan fingerprint density at radius 2 is 1.81 bits per heavy atom. The molecule has 1 fully saturated rings. The van der Waals surface area contributed by atoms with Crippen LogP contribution in [0, 0.1) is 13.8 Å². The third-order valence-electron chi connectivity index (χ3n) is 4.30. The minimum Gasteiger partial charge on any atom is -0.417 e. The highest BCUT2D eigenvalue weighted by Gasteiger charge is 2.34. The molecule has 0 saturated carbocycles. The molecule has 10 nitrogen and oxygen atoms in total. The first-order valence-corrected chi connectivity index (χ1v) is 9.80. The van der Waals surface area contributed by atoms with Gasteiger partial charge in [0.2, 0.25) is 15.9 Å². The normalized spacial score (nSPS) is 16.4. The second kappa shape index (κ2) is 6.80. The van der Waals surface area contributed by atoms with Crippen molar-refractivity contribution in [2.75, 3.05) is 26.2 Å². The van der Waals surface area contributed by atoms with Gasteiger partial charge in [-0.1, -0.05) is 13.8 Å². The first kappa shape index (κ1) is 18.5. The summed E-state index contributed by atoms with van der Waals surface area (Å²) < 4.78 is 32.4. The van der Waals surface area contributed by atoms with Gasteiger partial charge >= 0.3 is 11.8 Å². The molecule has 1 N–H and O–H groups in total. The Labute approximate surface area is 151 Å². The zero-order chi connectivity index (χ0) is 19.1. The van der Waals surface area contributed by atoms with Crippen LogP contribution >= 0.6 is 0 Å². The monoisotopic (exact) mass is 382 g/mol. The van der Waals surface area contributed by atoms with E-state index >= 15 is 0 Å². The summed E-state index contributed by atoms with van der Waals surface area (Å²) in [5, 5.41) is 14.3. The number of nitrogens with zero attached hydrogens (tertiary/aromatic N) is 5. The van der Waals surface area contributed by atoms with E-state index in [2.05, 4.69) is 20.4 Å². The van der Waals surface area contributed by atoms with E-state index in [1.165, 1.54) is 9.21 Å². The summed E-state index contributed by atoms with van der Waals surface area (Å²) in [5.74, 6) is -0.00315. The van der Waals surface area contributed by atoms with Crippen molar-refractivity contribution < 1.29 is 17.6 Å². The van der Waals surface area contributed by atoms with Crippen molar-refractivity contribution in [3.8, 4) is 0 Å². The third-order valence-corrected chi connectivity index (χ3v) is 6.46. The number of hydrogen-bond donors (Lipinski definition) is 1. The second-order valence-corrected chi connectivity index (χ2v) is 8.43. The van der Waals surface area contributed by atoms with E-state index in [-0.39, 0.29) is 48.8 Å². The number of carbonyl (C=O) groups excluding carboxylic acids is 1. The lowest BCUT2D eigenvalue weighted by Crippen LogP contribution is -2.50. The molecule has 0 bridgehead atoms. The summed E-state index contributed by atoms with van der Waals surface area (Å²) in [6.45, 7) is 8.02. The van der Waals surface area contributed by atoms with Crippen molar-refractivity contribution in [2.45, 2.75) is 38.5 Å². The van der Waals surface area contributed by atoms with E-state index < -0.39 is 10.0 Å². The Kier molecular flexibility index (Phi) is 4.84. The number of piperazine rings is 1. The summed E-state index contributed by atoms with van der Waals surface area (Å²) in [5.41, 5.74) is 0.946. The van der Waals surface area contributed by atoms with E-state index in [1.807, 2.05) is 13.8 Å². The van der Waals surface area contributed by atoms with Gasteiger partial charge in [-0.2, -0.15) is 9.40 Å². The van der Waals surface area contributed by atoms with Crippen molar-refractivity contribution in [3.05, 3.63) is 23.2 Å². The fourth-order valence-corrected chi connectivity index (χ4v) is 4.62. The van der Waals surface area contributed by atoms with Gasteiger partial charge in [0.1, 0.15) is 4.90 Å². The number of aromatic nitrogens is 4. The van der Waals surface area contributed by atoms with Crippen LogP contribution in [-0.4, -0.2) is 70.1 Å². The largest absolute Gasteiger partial charge is 0.417 e. The fourth-order valence-electron chi connectivity index (χ4n) is 2.87. The summed E-state index contributed by atoms with van der Waals surface area (Å²) in [7, 11) is -3.65. The predicted molar refractivity (Wildman–Crippen MR) is 91.1 cm³/mol. The minimum absolute atomic E-state index is 0.0347. The van der Waals surface area contributed by atoms with Gasteiger partial charge in [0.25, 0.3) is 0 Å². The summed E-state index contributed by atoms with van der Waals surface area (Å²) >= 11 is 0. The van der Waals surface area contributed by atoms with E-state index in [1.54, 1.807) is 13.8 Å². The molecular weight excluding hydrogens is 360 g/mol. The maximum absolute atomic E-state index is 12.8. The molecule has 0 unspecified atom stereocenters. The van der Waals surface area contributed by atoms with Crippen LogP contribution < -0.4 is 0 Å². The highest BCUT2D eigenvalue weighted by atomic mass is 32.2. The Bertz CT molecular complexity index is 889. The van der Waals surface area contributed by atoms with Crippen molar-refractivity contribution in [1.29, 1.82) is 0 Å². The number of aromatic amines is 1. The van der Waals surface area contributed by atoms with Gasteiger partial charge in [0, 0.05) is 32.1 Å². The van der Waals surface area contributed by atoms with Gasteiger partial charge in [-0.05, 0) is 13.8 Å². The minimum atomic E-state index is -3.65. The van der Waals surface area contributed by atoms with Crippen molar-refractivity contribution >= 4 is 15.9 Å². The lowest BCUT2D eigenvalue weighted by atomic mass is 10.2. The van der Waals surface area contributed by atoms with Crippen LogP contribution in [0.5, 0.6) is 0 Å². The van der Waals surface area contributed by atoms with Crippen molar-refractivity contribution in [1.82, 2.24) is 29.6 Å². The lowest BCUT2D eigenvalue weighted by Gasteiger charge is -2.33. The van der Waals surface area contributed by atoms with Crippen LogP contribution in [-0.2, 0) is 10.0 Å². The molecule has 3 heterocycles. The van der Waals surface area contributed by atoms with E-state index in [9.17, 15) is 13.2 Å². The molecule has 1 saturated heterocycles. The number of sulfonamides is 1. The Morgan fingerprint density at radius 1 is 1.15 bits per heavy atom. The van der Waals surface area contributed by atoms with Gasteiger partial charge in [0.05, 0.1) is 11.4 Å². The molecule has 0 spiro atoms. The van der Waals surface area contributed by atoms with Crippen LogP contribution in [0.15, 0.2) is 9.31 Å². The zero-order valence-corrected chi connectivity index (χ0v) is 16.0. The molecule has 0 atom stereocenters. The standard InChI is InChI=1S/C15H22N6O4S/c1-9(2)13-18-19-14(25-13)15(22)20-5-7-21(8-6-20)26(23,24)12-10(3)16-17-11(12)4/h9H,5-8H2,1-4H3,(H,16,17). The fraction of sp³-hybridized carbons (Fsp3) is 0.600. The first-order valence-electron chi connectivity index (χ1n) is 8.36. The highest BCUT2D eigenvalue weighted by Crippen LogP contribution is 2.23. The maximum atomic E-state index is 12.8. The van der Waals surface area contributed by atoms with E-state index in [0.717, 1.165) is 0 Å². The van der Waals surface area contributed by atoms with Gasteiger partial charge in [0.15, 0.2) is 0 Å². The molecule has 1 aliphatic rings. The van der Waals surface area contributed by atoms with E-state index in [4.69, 9.17) is 4.42 Å². The molecule has 0 aliphatic carbocycles. The number of nitrogens with one attached hydrogen (secondary N) is 1.